The zero-order valence-corrected chi connectivity index (χ0v) is 13.8. The topological polar surface area (TPSA) is 21.3 Å². The first-order valence-electron chi connectivity index (χ1n) is 6.98. The first-order chi connectivity index (χ1) is 10.2. The predicted molar refractivity (Wildman–Crippen MR) is 87.2 cm³/mol. The Bertz CT molecular complexity index is 586. The van der Waals surface area contributed by atoms with Gasteiger partial charge in [-0.25, -0.2) is 4.39 Å². The van der Waals surface area contributed by atoms with Crippen LogP contribution in [0.15, 0.2) is 46.9 Å². The van der Waals surface area contributed by atoms with Gasteiger partial charge in [-0.3, -0.25) is 0 Å². The molecule has 0 amide bonds. The number of hydrogen-bond acceptors (Lipinski definition) is 2. The SMILES string of the molecule is CCCNC(c1ccc(F)cc1)c1cc(Br)ccc1OC. The molecule has 0 aliphatic carbocycles. The molecule has 2 nitrogen and oxygen atoms in total. The highest BCUT2D eigenvalue weighted by molar-refractivity contribution is 9.10. The number of nitrogens with one attached hydrogen (secondary N) is 1. The van der Waals surface area contributed by atoms with E-state index in [1.165, 1.54) is 12.1 Å². The minimum absolute atomic E-state index is 0.0296. The van der Waals surface area contributed by atoms with Gasteiger partial charge in [0.1, 0.15) is 11.6 Å². The summed E-state index contributed by atoms with van der Waals surface area (Å²) >= 11 is 3.50. The van der Waals surface area contributed by atoms with E-state index < -0.39 is 0 Å². The van der Waals surface area contributed by atoms with Crippen LogP contribution in [0.5, 0.6) is 5.75 Å². The summed E-state index contributed by atoms with van der Waals surface area (Å²) in [6.45, 7) is 2.99. The van der Waals surface area contributed by atoms with Crippen LogP contribution in [0.1, 0.15) is 30.5 Å². The van der Waals surface area contributed by atoms with E-state index in [2.05, 4.69) is 28.2 Å². The van der Waals surface area contributed by atoms with Crippen LogP contribution in [0, 0.1) is 5.82 Å². The Morgan fingerprint density at radius 2 is 1.90 bits per heavy atom. The Morgan fingerprint density at radius 3 is 2.52 bits per heavy atom. The van der Waals surface area contributed by atoms with Crippen molar-refractivity contribution in [3.63, 3.8) is 0 Å². The Kier molecular flexibility index (Phi) is 5.76. The highest BCUT2D eigenvalue weighted by Gasteiger charge is 2.18. The van der Waals surface area contributed by atoms with Crippen LogP contribution in [0.25, 0.3) is 0 Å². The summed E-state index contributed by atoms with van der Waals surface area (Å²) in [7, 11) is 1.66. The number of methoxy groups -OCH3 is 1. The van der Waals surface area contributed by atoms with Crippen LogP contribution in [-0.2, 0) is 0 Å². The monoisotopic (exact) mass is 351 g/mol. The van der Waals surface area contributed by atoms with Crippen molar-refractivity contribution in [3.8, 4) is 5.75 Å². The molecule has 0 heterocycles. The minimum atomic E-state index is -0.228. The molecule has 0 saturated heterocycles. The molecule has 0 aliphatic heterocycles. The van der Waals surface area contributed by atoms with Gasteiger partial charge in [0.15, 0.2) is 0 Å². The molecule has 0 bridgehead atoms. The fourth-order valence-corrected chi connectivity index (χ4v) is 2.66. The van der Waals surface area contributed by atoms with Gasteiger partial charge in [-0.2, -0.15) is 0 Å². The van der Waals surface area contributed by atoms with E-state index in [0.717, 1.165) is 34.3 Å². The fourth-order valence-electron chi connectivity index (χ4n) is 2.28. The highest BCUT2D eigenvalue weighted by atomic mass is 79.9. The quantitative estimate of drug-likeness (QED) is 0.815. The van der Waals surface area contributed by atoms with Gasteiger partial charge >= 0.3 is 0 Å². The van der Waals surface area contributed by atoms with Gasteiger partial charge in [0.25, 0.3) is 0 Å². The molecule has 1 N–H and O–H groups in total. The minimum Gasteiger partial charge on any atom is -0.496 e. The molecule has 0 spiro atoms. The molecule has 2 aromatic rings. The van der Waals surface area contributed by atoms with E-state index in [-0.39, 0.29) is 11.9 Å². The first-order valence-corrected chi connectivity index (χ1v) is 7.77. The lowest BCUT2D eigenvalue weighted by Crippen LogP contribution is -2.23. The Morgan fingerprint density at radius 1 is 1.19 bits per heavy atom. The molecule has 0 radical (unpaired) electrons. The summed E-state index contributed by atoms with van der Waals surface area (Å²) in [6, 6.07) is 12.5. The Balaban J connectivity index is 2.44. The maximum atomic E-state index is 13.2. The lowest BCUT2D eigenvalue weighted by molar-refractivity contribution is 0.403. The standard InChI is InChI=1S/C17H19BrFNO/c1-3-10-20-17(12-4-7-14(19)8-5-12)15-11-13(18)6-9-16(15)21-2/h4-9,11,17,20H,3,10H2,1-2H3. The van der Waals surface area contributed by atoms with Crippen molar-refractivity contribution in [2.45, 2.75) is 19.4 Å². The van der Waals surface area contributed by atoms with Gasteiger partial charge in [-0.05, 0) is 48.9 Å². The summed E-state index contributed by atoms with van der Waals surface area (Å²) in [5.74, 6) is 0.588. The molecule has 21 heavy (non-hydrogen) atoms. The third-order valence-corrected chi connectivity index (χ3v) is 3.80. The fraction of sp³-hybridized carbons (Fsp3) is 0.294. The summed E-state index contributed by atoms with van der Waals surface area (Å²) in [5, 5.41) is 3.50. The zero-order valence-electron chi connectivity index (χ0n) is 12.2. The van der Waals surface area contributed by atoms with Gasteiger partial charge in [-0.15, -0.1) is 0 Å². The molecule has 112 valence electrons. The van der Waals surface area contributed by atoms with Crippen molar-refractivity contribution >= 4 is 15.9 Å². The van der Waals surface area contributed by atoms with E-state index in [1.807, 2.05) is 30.3 Å². The second-order valence-electron chi connectivity index (χ2n) is 4.82. The maximum Gasteiger partial charge on any atom is 0.124 e. The van der Waals surface area contributed by atoms with E-state index in [9.17, 15) is 4.39 Å². The molecule has 2 rings (SSSR count). The number of benzene rings is 2. The van der Waals surface area contributed by atoms with Crippen LogP contribution < -0.4 is 10.1 Å². The molecule has 1 atom stereocenters. The van der Waals surface area contributed by atoms with Gasteiger partial charge in [0, 0.05) is 10.0 Å². The van der Waals surface area contributed by atoms with Crippen molar-refractivity contribution in [2.24, 2.45) is 0 Å². The predicted octanol–water partition coefficient (Wildman–Crippen LogP) is 4.69. The normalized spacial score (nSPS) is 12.2. The lowest BCUT2D eigenvalue weighted by Gasteiger charge is -2.22. The molecule has 2 aromatic carbocycles. The molecule has 4 heteroatoms. The third-order valence-electron chi connectivity index (χ3n) is 3.30. The average Bonchev–Trinajstić information content (AvgIpc) is 2.49. The molecule has 1 unspecified atom stereocenters. The van der Waals surface area contributed by atoms with E-state index in [4.69, 9.17) is 4.74 Å². The molecule has 0 aliphatic rings. The van der Waals surface area contributed by atoms with Crippen LogP contribution >= 0.6 is 15.9 Å². The number of rotatable bonds is 6. The van der Waals surface area contributed by atoms with Crippen LogP contribution in [0.2, 0.25) is 0 Å². The molecule has 0 fully saturated rings. The number of ether oxygens (including phenoxy) is 1. The Hall–Kier alpha value is -1.39. The summed E-state index contributed by atoms with van der Waals surface area (Å²) in [5.41, 5.74) is 2.05. The maximum absolute atomic E-state index is 13.2. The largest absolute Gasteiger partial charge is 0.496 e. The van der Waals surface area contributed by atoms with Gasteiger partial charge in [-0.1, -0.05) is 35.0 Å². The van der Waals surface area contributed by atoms with E-state index in [1.54, 1.807) is 7.11 Å². The smallest absolute Gasteiger partial charge is 0.124 e. The van der Waals surface area contributed by atoms with Crippen molar-refractivity contribution in [2.75, 3.05) is 13.7 Å². The molecule has 0 aromatic heterocycles. The third kappa shape index (κ3) is 4.05. The van der Waals surface area contributed by atoms with Crippen molar-refractivity contribution in [1.82, 2.24) is 5.32 Å². The van der Waals surface area contributed by atoms with E-state index in [0.29, 0.717) is 0 Å². The summed E-state index contributed by atoms with van der Waals surface area (Å²) < 4.78 is 19.6. The zero-order chi connectivity index (χ0) is 15.2. The number of halogens is 2. The van der Waals surface area contributed by atoms with Gasteiger partial charge in [0.05, 0.1) is 13.2 Å². The second-order valence-corrected chi connectivity index (χ2v) is 5.74. The van der Waals surface area contributed by atoms with Gasteiger partial charge in [0.2, 0.25) is 0 Å². The van der Waals surface area contributed by atoms with Crippen molar-refractivity contribution < 1.29 is 9.13 Å². The van der Waals surface area contributed by atoms with Crippen molar-refractivity contribution in [1.29, 1.82) is 0 Å². The molecular formula is C17H19BrFNO. The van der Waals surface area contributed by atoms with Crippen molar-refractivity contribution in [3.05, 3.63) is 63.9 Å². The van der Waals surface area contributed by atoms with Crippen LogP contribution in [-0.4, -0.2) is 13.7 Å². The summed E-state index contributed by atoms with van der Waals surface area (Å²) in [4.78, 5) is 0. The Labute approximate surface area is 133 Å². The van der Waals surface area contributed by atoms with Crippen LogP contribution in [0.3, 0.4) is 0 Å². The lowest BCUT2D eigenvalue weighted by atomic mass is 9.97. The van der Waals surface area contributed by atoms with Crippen LogP contribution in [0.4, 0.5) is 4.39 Å². The van der Waals surface area contributed by atoms with E-state index >= 15 is 0 Å². The second kappa shape index (κ2) is 7.57. The molecule has 0 saturated carbocycles. The summed E-state index contributed by atoms with van der Waals surface area (Å²) in [6.07, 6.45) is 1.02. The first kappa shape index (κ1) is 16.0. The van der Waals surface area contributed by atoms with Gasteiger partial charge < -0.3 is 10.1 Å². The molecular weight excluding hydrogens is 333 g/mol. The average molecular weight is 352 g/mol. The number of hydrogen-bond donors (Lipinski definition) is 1. The highest BCUT2D eigenvalue weighted by Crippen LogP contribution is 2.32.